The van der Waals surface area contributed by atoms with E-state index in [-0.39, 0.29) is 18.4 Å². The van der Waals surface area contributed by atoms with E-state index in [0.29, 0.717) is 5.56 Å². The van der Waals surface area contributed by atoms with Crippen LogP contribution in [0.5, 0.6) is 0 Å². The number of hydrogen-bond donors (Lipinski definition) is 2. The van der Waals surface area contributed by atoms with E-state index in [4.69, 9.17) is 0 Å². The van der Waals surface area contributed by atoms with Gasteiger partial charge in [0.15, 0.2) is 11.6 Å². The normalized spacial score (nSPS) is 12.8. The van der Waals surface area contributed by atoms with Crippen LogP contribution < -0.4 is 22.9 Å². The van der Waals surface area contributed by atoms with E-state index in [2.05, 4.69) is 5.73 Å². The van der Waals surface area contributed by atoms with Crippen LogP contribution in [0.2, 0.25) is 0 Å². The number of rotatable bonds is 3. The fourth-order valence-electron chi connectivity index (χ4n) is 1.16. The lowest BCUT2D eigenvalue weighted by molar-refractivity contribution is -0.420. The summed E-state index contributed by atoms with van der Waals surface area (Å²) in [7, 11) is -3.70. The summed E-state index contributed by atoms with van der Waals surface area (Å²) in [5, 5.41) is 0. The summed E-state index contributed by atoms with van der Waals surface area (Å²) >= 11 is 0. The molecule has 98 valence electrons. The standard InChI is InChI=1S/C9H12F2N2O2S.ClH/c1-5(12)6-3-7(10)9(8(11)4-6)13-16(2,14)15;/h3-5,13H,12H2,1-2H3;1H/t5-;/m1./s1. The highest BCUT2D eigenvalue weighted by atomic mass is 35.5. The molecule has 0 unspecified atom stereocenters. The van der Waals surface area contributed by atoms with Gasteiger partial charge in [-0.15, -0.1) is 0 Å². The van der Waals surface area contributed by atoms with E-state index >= 15 is 0 Å². The summed E-state index contributed by atoms with van der Waals surface area (Å²) in [4.78, 5) is 0. The van der Waals surface area contributed by atoms with Crippen molar-refractivity contribution in [2.24, 2.45) is 0 Å². The average molecular weight is 287 g/mol. The van der Waals surface area contributed by atoms with E-state index in [1.165, 1.54) is 0 Å². The SMILES string of the molecule is C[C@@H]([NH3+])c1cc(F)c(NS(C)(=O)=O)c(F)c1.[Cl-]. The molecule has 1 rings (SSSR count). The molecule has 0 saturated carbocycles. The minimum Gasteiger partial charge on any atom is -1.00 e. The molecule has 8 heteroatoms. The third kappa shape index (κ3) is 4.45. The molecule has 0 amide bonds. The number of anilines is 1. The Hall–Kier alpha value is -0.920. The third-order valence-corrected chi connectivity index (χ3v) is 2.50. The zero-order valence-corrected chi connectivity index (χ0v) is 10.9. The Kier molecular flexibility index (Phi) is 5.31. The first-order valence-corrected chi connectivity index (χ1v) is 6.39. The summed E-state index contributed by atoms with van der Waals surface area (Å²) in [5.74, 6) is -1.90. The van der Waals surface area contributed by atoms with E-state index in [0.717, 1.165) is 18.4 Å². The van der Waals surface area contributed by atoms with Crippen molar-refractivity contribution < 1.29 is 35.3 Å². The van der Waals surface area contributed by atoms with Crippen molar-refractivity contribution in [2.45, 2.75) is 13.0 Å². The third-order valence-electron chi connectivity index (χ3n) is 1.92. The van der Waals surface area contributed by atoms with Gasteiger partial charge in [-0.3, -0.25) is 4.72 Å². The highest BCUT2D eigenvalue weighted by Gasteiger charge is 2.16. The van der Waals surface area contributed by atoms with Crippen LogP contribution >= 0.6 is 0 Å². The molecular weight excluding hydrogens is 274 g/mol. The summed E-state index contributed by atoms with van der Waals surface area (Å²) in [6, 6.07) is 1.85. The molecule has 17 heavy (non-hydrogen) atoms. The predicted octanol–water partition coefficient (Wildman–Crippen LogP) is -2.36. The van der Waals surface area contributed by atoms with Crippen molar-refractivity contribution in [3.63, 3.8) is 0 Å². The van der Waals surface area contributed by atoms with Gasteiger partial charge < -0.3 is 18.1 Å². The largest absolute Gasteiger partial charge is 1.00 e. The first kappa shape index (κ1) is 16.1. The number of halogens is 3. The summed E-state index contributed by atoms with van der Waals surface area (Å²) < 4.78 is 50.3. The van der Waals surface area contributed by atoms with Crippen molar-refractivity contribution in [3.8, 4) is 0 Å². The van der Waals surface area contributed by atoms with E-state index in [1.807, 2.05) is 0 Å². The monoisotopic (exact) mass is 286 g/mol. The summed E-state index contributed by atoms with van der Waals surface area (Å²) in [6.45, 7) is 1.68. The maximum absolute atomic E-state index is 13.4. The second-order valence-corrected chi connectivity index (χ2v) is 5.38. The second kappa shape index (κ2) is 5.61. The molecule has 0 aromatic heterocycles. The smallest absolute Gasteiger partial charge is 0.230 e. The van der Waals surface area contributed by atoms with Crippen LogP contribution in [-0.2, 0) is 10.0 Å². The van der Waals surface area contributed by atoms with Gasteiger partial charge in [-0.25, -0.2) is 17.2 Å². The van der Waals surface area contributed by atoms with Crippen molar-refractivity contribution in [1.29, 1.82) is 0 Å². The van der Waals surface area contributed by atoms with Gasteiger partial charge in [-0.1, -0.05) is 0 Å². The number of quaternary nitrogens is 1. The zero-order chi connectivity index (χ0) is 12.5. The number of hydrogen-bond acceptors (Lipinski definition) is 2. The van der Waals surface area contributed by atoms with Gasteiger partial charge in [0, 0.05) is 5.56 Å². The highest BCUT2D eigenvalue weighted by molar-refractivity contribution is 7.92. The molecule has 1 aromatic rings. The van der Waals surface area contributed by atoms with Gasteiger partial charge in [0.2, 0.25) is 10.0 Å². The fraction of sp³-hybridized carbons (Fsp3) is 0.333. The van der Waals surface area contributed by atoms with E-state index < -0.39 is 27.3 Å². The maximum Gasteiger partial charge on any atom is 0.230 e. The lowest BCUT2D eigenvalue weighted by atomic mass is 10.1. The summed E-state index contributed by atoms with van der Waals surface area (Å²) in [5.41, 5.74) is 3.33. The minimum absolute atomic E-state index is 0. The lowest BCUT2D eigenvalue weighted by Crippen LogP contribution is -3.00. The molecule has 4 N–H and O–H groups in total. The molecule has 0 aliphatic carbocycles. The Morgan fingerprint density at radius 3 is 2.00 bits per heavy atom. The Morgan fingerprint density at radius 1 is 1.29 bits per heavy atom. The molecule has 0 fully saturated rings. The quantitative estimate of drug-likeness (QED) is 0.653. The Morgan fingerprint density at radius 2 is 1.71 bits per heavy atom. The van der Waals surface area contributed by atoms with Crippen LogP contribution in [0.4, 0.5) is 14.5 Å². The van der Waals surface area contributed by atoms with Crippen LogP contribution in [-0.4, -0.2) is 14.7 Å². The Bertz CT molecular complexity index is 483. The molecule has 1 aromatic carbocycles. The van der Waals surface area contributed by atoms with Crippen LogP contribution in [0, 0.1) is 11.6 Å². The molecule has 0 spiro atoms. The summed E-state index contributed by atoms with van der Waals surface area (Å²) in [6.07, 6.45) is 0.823. The Labute approximate surface area is 105 Å². The van der Waals surface area contributed by atoms with Crippen molar-refractivity contribution >= 4 is 15.7 Å². The second-order valence-electron chi connectivity index (χ2n) is 3.63. The van der Waals surface area contributed by atoms with Gasteiger partial charge in [0.05, 0.1) is 6.26 Å². The minimum atomic E-state index is -3.70. The molecule has 4 nitrogen and oxygen atoms in total. The van der Waals surface area contributed by atoms with Crippen LogP contribution in [0.15, 0.2) is 12.1 Å². The topological polar surface area (TPSA) is 73.8 Å². The molecule has 0 aliphatic heterocycles. The molecule has 0 radical (unpaired) electrons. The molecule has 0 bridgehead atoms. The van der Waals surface area contributed by atoms with E-state index in [9.17, 15) is 17.2 Å². The van der Waals surface area contributed by atoms with Crippen LogP contribution in [0.1, 0.15) is 18.5 Å². The van der Waals surface area contributed by atoms with Gasteiger partial charge in [-0.05, 0) is 19.1 Å². The molecule has 1 atom stereocenters. The van der Waals surface area contributed by atoms with Gasteiger partial charge in [0.1, 0.15) is 11.7 Å². The van der Waals surface area contributed by atoms with Gasteiger partial charge in [-0.2, -0.15) is 0 Å². The van der Waals surface area contributed by atoms with Crippen molar-refractivity contribution in [2.75, 3.05) is 11.0 Å². The fourth-order valence-corrected chi connectivity index (χ4v) is 1.73. The first-order valence-electron chi connectivity index (χ1n) is 4.50. The van der Waals surface area contributed by atoms with Crippen LogP contribution in [0.25, 0.3) is 0 Å². The molecular formula is C9H13ClF2N2O2S. The number of benzene rings is 1. The van der Waals surface area contributed by atoms with E-state index in [1.54, 1.807) is 11.6 Å². The highest BCUT2D eigenvalue weighted by Crippen LogP contribution is 2.23. The maximum atomic E-state index is 13.4. The Balaban J connectivity index is 0.00000256. The van der Waals surface area contributed by atoms with Crippen molar-refractivity contribution in [3.05, 3.63) is 29.3 Å². The van der Waals surface area contributed by atoms with Crippen molar-refractivity contribution in [1.82, 2.24) is 0 Å². The predicted molar refractivity (Wildman–Crippen MR) is 56.1 cm³/mol. The lowest BCUT2D eigenvalue weighted by Gasteiger charge is -2.09. The molecule has 0 heterocycles. The zero-order valence-electron chi connectivity index (χ0n) is 9.30. The first-order chi connectivity index (χ1) is 7.20. The number of nitrogens with one attached hydrogen (secondary N) is 1. The van der Waals surface area contributed by atoms with Crippen LogP contribution in [0.3, 0.4) is 0 Å². The van der Waals surface area contributed by atoms with Gasteiger partial charge in [0.25, 0.3) is 0 Å². The average Bonchev–Trinajstić information content (AvgIpc) is 2.09. The van der Waals surface area contributed by atoms with Gasteiger partial charge >= 0.3 is 0 Å². The number of sulfonamides is 1. The molecule has 0 aliphatic rings. The molecule has 0 saturated heterocycles.